The van der Waals surface area contributed by atoms with Crippen molar-refractivity contribution in [3.8, 4) is 0 Å². The number of pyridine rings is 1. The molecular formula is C20H23N5S2. The highest BCUT2D eigenvalue weighted by Crippen LogP contribution is 2.29. The lowest BCUT2D eigenvalue weighted by Crippen LogP contribution is -2.28. The molecule has 27 heavy (non-hydrogen) atoms. The van der Waals surface area contributed by atoms with E-state index in [4.69, 9.17) is 17.3 Å². The van der Waals surface area contributed by atoms with E-state index in [0.717, 1.165) is 27.7 Å². The Hall–Kier alpha value is -2.09. The van der Waals surface area contributed by atoms with Crippen LogP contribution in [0.1, 0.15) is 30.9 Å². The van der Waals surface area contributed by atoms with E-state index in [9.17, 15) is 0 Å². The summed E-state index contributed by atoms with van der Waals surface area (Å²) in [6, 6.07) is 13.2. The number of benzene rings is 1. The molecule has 1 N–H and O–H groups in total. The highest BCUT2D eigenvalue weighted by Gasteiger charge is 2.29. The first kappa shape index (κ1) is 18.3. The maximum absolute atomic E-state index is 5.56. The van der Waals surface area contributed by atoms with Gasteiger partial charge in [-0.05, 0) is 60.8 Å². The summed E-state index contributed by atoms with van der Waals surface area (Å²) in [5.74, 6) is 0. The van der Waals surface area contributed by atoms with E-state index >= 15 is 0 Å². The lowest BCUT2D eigenvalue weighted by atomic mass is 10.1. The van der Waals surface area contributed by atoms with Crippen LogP contribution in [-0.4, -0.2) is 25.7 Å². The van der Waals surface area contributed by atoms with Gasteiger partial charge in [0.05, 0.1) is 6.67 Å². The van der Waals surface area contributed by atoms with Crippen LogP contribution in [0.5, 0.6) is 0 Å². The molecule has 1 aromatic carbocycles. The van der Waals surface area contributed by atoms with Gasteiger partial charge in [0, 0.05) is 30.7 Å². The lowest BCUT2D eigenvalue weighted by Gasteiger charge is -2.21. The van der Waals surface area contributed by atoms with Crippen LogP contribution in [0.3, 0.4) is 0 Å². The van der Waals surface area contributed by atoms with Gasteiger partial charge in [0.2, 0.25) is 5.13 Å². The number of hydrogen-bond donors (Lipinski definition) is 1. The molecule has 0 amide bonds. The lowest BCUT2D eigenvalue weighted by molar-refractivity contribution is 0.187. The minimum absolute atomic E-state index is 0.617. The summed E-state index contributed by atoms with van der Waals surface area (Å²) in [5.41, 5.74) is 3.59. The molecule has 140 valence electrons. The van der Waals surface area contributed by atoms with Gasteiger partial charge in [0.15, 0.2) is 3.95 Å². The fourth-order valence-electron chi connectivity index (χ4n) is 3.03. The standard InChI is InChI=1S/C20H23N5S2/c1-2-15-5-7-17(8-6-15)22-19-23-25(20(26)27-19)14-24(18-9-10-18)13-16-4-3-11-21-12-16/h3-8,11-12,18H,2,9-10,13-14H2,1H3,(H,22,23). The van der Waals surface area contributed by atoms with Crippen LogP contribution >= 0.6 is 23.6 Å². The second-order valence-corrected chi connectivity index (χ2v) is 8.45. The Labute approximate surface area is 168 Å². The summed E-state index contributed by atoms with van der Waals surface area (Å²) in [5, 5.41) is 8.91. The average molecular weight is 398 g/mol. The van der Waals surface area contributed by atoms with Gasteiger partial charge in [0.1, 0.15) is 0 Å². The Morgan fingerprint density at radius 3 is 2.70 bits per heavy atom. The van der Waals surface area contributed by atoms with Crippen molar-refractivity contribution in [3.05, 3.63) is 63.9 Å². The minimum Gasteiger partial charge on any atom is -0.330 e. The Bertz CT molecular complexity index is 929. The molecule has 2 aromatic heterocycles. The maximum Gasteiger partial charge on any atom is 0.209 e. The monoisotopic (exact) mass is 397 g/mol. The molecule has 3 aromatic rings. The molecule has 7 heteroatoms. The molecule has 1 saturated carbocycles. The van der Waals surface area contributed by atoms with Gasteiger partial charge in [-0.15, -0.1) is 5.10 Å². The zero-order valence-corrected chi connectivity index (χ0v) is 17.0. The second kappa shape index (κ2) is 8.29. The van der Waals surface area contributed by atoms with Crippen molar-refractivity contribution in [3.63, 3.8) is 0 Å². The number of rotatable bonds is 8. The predicted octanol–water partition coefficient (Wildman–Crippen LogP) is 5.00. The quantitative estimate of drug-likeness (QED) is 0.542. The topological polar surface area (TPSA) is 46.0 Å². The van der Waals surface area contributed by atoms with Crippen LogP contribution in [0.2, 0.25) is 0 Å². The second-order valence-electron chi connectivity index (χ2n) is 6.83. The largest absolute Gasteiger partial charge is 0.330 e. The molecule has 5 nitrogen and oxygen atoms in total. The maximum atomic E-state index is 5.56. The van der Waals surface area contributed by atoms with Crippen LogP contribution in [0.4, 0.5) is 10.8 Å². The average Bonchev–Trinajstić information content (AvgIpc) is 3.48. The van der Waals surface area contributed by atoms with Gasteiger partial charge in [-0.25, -0.2) is 4.68 Å². The van der Waals surface area contributed by atoms with E-state index in [1.54, 1.807) is 0 Å². The fourth-order valence-corrected chi connectivity index (χ4v) is 4.04. The van der Waals surface area contributed by atoms with Crippen LogP contribution in [0, 0.1) is 3.95 Å². The summed E-state index contributed by atoms with van der Waals surface area (Å²) in [7, 11) is 0. The SMILES string of the molecule is CCc1ccc(Nc2nn(CN(Cc3cccnc3)C3CC3)c(=S)s2)cc1. The van der Waals surface area contributed by atoms with Gasteiger partial charge < -0.3 is 5.32 Å². The van der Waals surface area contributed by atoms with Crippen molar-refractivity contribution < 1.29 is 0 Å². The highest BCUT2D eigenvalue weighted by molar-refractivity contribution is 7.73. The molecule has 0 spiro atoms. The molecule has 0 saturated heterocycles. The van der Waals surface area contributed by atoms with E-state index in [1.807, 2.05) is 23.1 Å². The molecule has 4 rings (SSSR count). The van der Waals surface area contributed by atoms with E-state index < -0.39 is 0 Å². The Morgan fingerprint density at radius 1 is 1.22 bits per heavy atom. The smallest absolute Gasteiger partial charge is 0.209 e. The Morgan fingerprint density at radius 2 is 2.04 bits per heavy atom. The van der Waals surface area contributed by atoms with Crippen LogP contribution in [0.25, 0.3) is 0 Å². The number of aromatic nitrogens is 3. The third kappa shape index (κ3) is 4.80. The first-order chi connectivity index (χ1) is 13.2. The fraction of sp³-hybridized carbons (Fsp3) is 0.350. The normalized spacial score (nSPS) is 13.9. The summed E-state index contributed by atoms with van der Waals surface area (Å²) in [6.45, 7) is 3.75. The number of nitrogens with one attached hydrogen (secondary N) is 1. The van der Waals surface area contributed by atoms with Crippen LogP contribution in [0.15, 0.2) is 48.8 Å². The van der Waals surface area contributed by atoms with Crippen molar-refractivity contribution in [2.24, 2.45) is 0 Å². The van der Waals surface area contributed by atoms with Crippen molar-refractivity contribution in [2.75, 3.05) is 5.32 Å². The van der Waals surface area contributed by atoms with Crippen molar-refractivity contribution in [1.82, 2.24) is 19.7 Å². The molecule has 0 aliphatic heterocycles. The number of aryl methyl sites for hydroxylation is 1. The summed E-state index contributed by atoms with van der Waals surface area (Å²) in [6.07, 6.45) is 7.27. The summed E-state index contributed by atoms with van der Waals surface area (Å²) < 4.78 is 2.72. The molecule has 0 unspecified atom stereocenters. The van der Waals surface area contributed by atoms with E-state index in [2.05, 4.69) is 52.5 Å². The van der Waals surface area contributed by atoms with E-state index in [1.165, 1.54) is 35.3 Å². The van der Waals surface area contributed by atoms with Crippen LogP contribution < -0.4 is 5.32 Å². The third-order valence-electron chi connectivity index (χ3n) is 4.71. The van der Waals surface area contributed by atoms with Crippen molar-refractivity contribution >= 4 is 34.4 Å². The highest BCUT2D eigenvalue weighted by atomic mass is 32.1. The molecular weight excluding hydrogens is 374 g/mol. The number of anilines is 2. The molecule has 1 fully saturated rings. The van der Waals surface area contributed by atoms with Gasteiger partial charge >= 0.3 is 0 Å². The van der Waals surface area contributed by atoms with Gasteiger partial charge in [-0.1, -0.05) is 36.5 Å². The molecule has 1 aliphatic rings. The van der Waals surface area contributed by atoms with E-state index in [-0.39, 0.29) is 0 Å². The van der Waals surface area contributed by atoms with Crippen LogP contribution in [-0.2, 0) is 19.6 Å². The van der Waals surface area contributed by atoms with E-state index in [0.29, 0.717) is 12.7 Å². The first-order valence-corrected chi connectivity index (χ1v) is 10.5. The minimum atomic E-state index is 0.617. The number of nitrogens with zero attached hydrogens (tertiary/aromatic N) is 4. The molecule has 0 bridgehead atoms. The van der Waals surface area contributed by atoms with Gasteiger partial charge in [-0.2, -0.15) is 0 Å². The molecule has 2 heterocycles. The summed E-state index contributed by atoms with van der Waals surface area (Å²) in [4.78, 5) is 6.66. The van der Waals surface area contributed by atoms with Crippen molar-refractivity contribution in [1.29, 1.82) is 0 Å². The number of hydrogen-bond acceptors (Lipinski definition) is 6. The zero-order chi connectivity index (χ0) is 18.6. The summed E-state index contributed by atoms with van der Waals surface area (Å²) >= 11 is 7.07. The zero-order valence-electron chi connectivity index (χ0n) is 15.3. The predicted molar refractivity (Wildman–Crippen MR) is 113 cm³/mol. The Balaban J connectivity index is 1.46. The first-order valence-electron chi connectivity index (χ1n) is 9.28. The molecule has 0 radical (unpaired) electrons. The van der Waals surface area contributed by atoms with Crippen molar-refractivity contribution in [2.45, 2.75) is 45.4 Å². The van der Waals surface area contributed by atoms with Gasteiger partial charge in [-0.3, -0.25) is 9.88 Å². The molecule has 0 atom stereocenters. The third-order valence-corrected chi connectivity index (χ3v) is 5.93. The Kier molecular flexibility index (Phi) is 5.61. The van der Waals surface area contributed by atoms with Gasteiger partial charge in [0.25, 0.3) is 0 Å². The molecule has 1 aliphatic carbocycles.